The molecule has 0 spiro atoms. The van der Waals surface area contributed by atoms with Gasteiger partial charge >= 0.3 is 5.97 Å². The summed E-state index contributed by atoms with van der Waals surface area (Å²) in [5.74, 6) is -0.120. The summed E-state index contributed by atoms with van der Waals surface area (Å²) in [7, 11) is 1.60. The number of carboxylic acid groups (broad SMARTS) is 1. The number of rotatable bonds is 6. The second-order valence-electron chi connectivity index (χ2n) is 7.49. The van der Waals surface area contributed by atoms with Crippen molar-refractivity contribution in [3.05, 3.63) is 59.8 Å². The zero-order chi connectivity index (χ0) is 21.3. The van der Waals surface area contributed by atoms with Crippen LogP contribution in [0.25, 0.3) is 10.9 Å². The van der Waals surface area contributed by atoms with Gasteiger partial charge < -0.3 is 19.7 Å². The van der Waals surface area contributed by atoms with Gasteiger partial charge in [0.25, 0.3) is 0 Å². The van der Waals surface area contributed by atoms with Crippen LogP contribution in [-0.4, -0.2) is 60.0 Å². The van der Waals surface area contributed by atoms with E-state index in [1.54, 1.807) is 20.2 Å². The first-order chi connectivity index (χ1) is 14.5. The number of Topliss-reactive ketones (excluding diaryl/α,β-unsaturated/α-hetero) is 1. The van der Waals surface area contributed by atoms with Crippen molar-refractivity contribution in [3.63, 3.8) is 0 Å². The number of piperazine rings is 1. The molecule has 0 aliphatic carbocycles. The maximum Gasteiger partial charge on any atom is 0.325 e. The first-order valence-corrected chi connectivity index (χ1v) is 9.96. The number of carbonyl (C=O) groups is 2. The molecule has 4 rings (SSSR count). The molecule has 1 atom stereocenters. The number of para-hydroxylation sites is 1. The lowest BCUT2D eigenvalue weighted by atomic mass is 10.0. The molecule has 1 aromatic heterocycles. The van der Waals surface area contributed by atoms with Crippen LogP contribution in [0.4, 0.5) is 5.69 Å². The van der Waals surface area contributed by atoms with E-state index in [4.69, 9.17) is 4.74 Å². The first kappa shape index (κ1) is 20.0. The number of hydrogen-bond acceptors (Lipinski definition) is 5. The Morgan fingerprint density at radius 2 is 1.77 bits per heavy atom. The number of aromatic nitrogens is 1. The van der Waals surface area contributed by atoms with Crippen LogP contribution in [0.3, 0.4) is 0 Å². The molecule has 0 amide bonds. The lowest BCUT2D eigenvalue weighted by Gasteiger charge is -2.38. The summed E-state index contributed by atoms with van der Waals surface area (Å²) in [6.45, 7) is 4.24. The molecule has 156 valence electrons. The monoisotopic (exact) mass is 407 g/mol. The van der Waals surface area contributed by atoms with Gasteiger partial charge in [0, 0.05) is 54.6 Å². The number of carbonyl (C=O) groups excluding carboxylic acids is 1. The van der Waals surface area contributed by atoms with Crippen LogP contribution in [0.5, 0.6) is 5.75 Å². The Morgan fingerprint density at radius 1 is 1.07 bits per heavy atom. The highest BCUT2D eigenvalue weighted by Crippen LogP contribution is 2.33. The van der Waals surface area contributed by atoms with Crippen molar-refractivity contribution < 1.29 is 19.4 Å². The summed E-state index contributed by atoms with van der Waals surface area (Å²) in [5, 5.41) is 10.9. The molecule has 0 radical (unpaired) electrons. The molecule has 0 bridgehead atoms. The van der Waals surface area contributed by atoms with E-state index in [2.05, 4.69) is 9.88 Å². The van der Waals surface area contributed by atoms with Crippen molar-refractivity contribution >= 4 is 28.3 Å². The third kappa shape index (κ3) is 3.64. The Labute approximate surface area is 174 Å². The fourth-order valence-corrected chi connectivity index (χ4v) is 4.18. The molecule has 1 aliphatic heterocycles. The third-order valence-corrected chi connectivity index (χ3v) is 5.78. The van der Waals surface area contributed by atoms with E-state index >= 15 is 0 Å². The van der Waals surface area contributed by atoms with Crippen molar-refractivity contribution in [1.82, 2.24) is 9.88 Å². The molecule has 7 heteroatoms. The molecule has 0 saturated carbocycles. The molecule has 1 saturated heterocycles. The summed E-state index contributed by atoms with van der Waals surface area (Å²) in [4.78, 5) is 31.1. The highest BCUT2D eigenvalue weighted by atomic mass is 16.5. The van der Waals surface area contributed by atoms with Gasteiger partial charge in [-0.1, -0.05) is 12.1 Å². The van der Waals surface area contributed by atoms with Crippen LogP contribution in [0.2, 0.25) is 0 Å². The van der Waals surface area contributed by atoms with Crippen molar-refractivity contribution in [1.29, 1.82) is 0 Å². The Bertz CT molecular complexity index is 1070. The third-order valence-electron chi connectivity index (χ3n) is 5.78. The number of nitrogens with zero attached hydrogens (tertiary/aromatic N) is 2. The predicted octanol–water partition coefficient (Wildman–Crippen LogP) is 3.33. The number of H-pyrrole nitrogens is 1. The van der Waals surface area contributed by atoms with Gasteiger partial charge in [0.15, 0.2) is 5.78 Å². The number of benzene rings is 2. The van der Waals surface area contributed by atoms with Gasteiger partial charge in [-0.15, -0.1) is 0 Å². The smallest absolute Gasteiger partial charge is 0.325 e. The van der Waals surface area contributed by atoms with Crippen LogP contribution in [0, 0.1) is 0 Å². The van der Waals surface area contributed by atoms with Gasteiger partial charge in [-0.25, -0.2) is 0 Å². The number of fused-ring (bicyclic) bond motifs is 1. The molecule has 1 fully saturated rings. The topological polar surface area (TPSA) is 85.9 Å². The number of nitrogens with one attached hydrogen (secondary N) is 1. The number of aromatic amines is 1. The Morgan fingerprint density at radius 3 is 2.37 bits per heavy atom. The lowest BCUT2D eigenvalue weighted by Crippen LogP contribution is -2.49. The van der Waals surface area contributed by atoms with Crippen molar-refractivity contribution in [2.45, 2.75) is 13.0 Å². The van der Waals surface area contributed by atoms with Crippen molar-refractivity contribution in [2.75, 3.05) is 38.2 Å². The summed E-state index contributed by atoms with van der Waals surface area (Å²) in [5.41, 5.74) is 3.29. The SMILES string of the molecule is COc1cccc2c(C(C(=O)O)N3CCN(c4ccc(C(C)=O)cc4)CC3)c[nH]c12. The van der Waals surface area contributed by atoms with E-state index in [-0.39, 0.29) is 5.78 Å². The van der Waals surface area contributed by atoms with Crippen LogP contribution in [0.1, 0.15) is 28.9 Å². The molecular weight excluding hydrogens is 382 g/mol. The Kier molecular flexibility index (Phi) is 5.46. The minimum Gasteiger partial charge on any atom is -0.495 e. The second kappa shape index (κ2) is 8.20. The minimum atomic E-state index is -0.863. The number of hydrogen-bond donors (Lipinski definition) is 2. The molecule has 2 aromatic carbocycles. The second-order valence-corrected chi connectivity index (χ2v) is 7.49. The number of methoxy groups -OCH3 is 1. The summed E-state index contributed by atoms with van der Waals surface area (Å²) >= 11 is 0. The number of ether oxygens (including phenoxy) is 1. The molecule has 30 heavy (non-hydrogen) atoms. The summed E-state index contributed by atoms with van der Waals surface area (Å²) in [6.07, 6.45) is 1.78. The standard InChI is InChI=1S/C23H25N3O4/c1-15(27)16-6-8-17(9-7-16)25-10-12-26(13-11-25)22(23(28)29)19-14-24-21-18(19)4-3-5-20(21)30-2/h3-9,14,22,24H,10-13H2,1-2H3,(H,28,29). The van der Waals surface area contributed by atoms with Gasteiger partial charge in [0.2, 0.25) is 0 Å². The molecule has 2 N–H and O–H groups in total. The predicted molar refractivity (Wildman–Crippen MR) is 115 cm³/mol. The van der Waals surface area contributed by atoms with Gasteiger partial charge in [-0.05, 0) is 37.3 Å². The quantitative estimate of drug-likeness (QED) is 0.610. The maximum absolute atomic E-state index is 12.2. The largest absolute Gasteiger partial charge is 0.495 e. The number of carboxylic acids is 1. The van der Waals surface area contributed by atoms with Gasteiger partial charge in [-0.3, -0.25) is 14.5 Å². The lowest BCUT2D eigenvalue weighted by molar-refractivity contribution is -0.143. The normalized spacial score (nSPS) is 15.9. The van der Waals surface area contributed by atoms with Crippen LogP contribution < -0.4 is 9.64 Å². The molecule has 3 aromatic rings. The van der Waals surface area contributed by atoms with E-state index in [0.717, 1.165) is 35.2 Å². The molecular formula is C23H25N3O4. The van der Waals surface area contributed by atoms with E-state index in [9.17, 15) is 14.7 Å². The van der Waals surface area contributed by atoms with Crippen LogP contribution >= 0.6 is 0 Å². The Balaban J connectivity index is 1.53. The molecule has 2 heterocycles. The fourth-order valence-electron chi connectivity index (χ4n) is 4.18. The van der Waals surface area contributed by atoms with E-state index in [1.807, 2.05) is 47.4 Å². The zero-order valence-corrected chi connectivity index (χ0v) is 17.1. The van der Waals surface area contributed by atoms with Crippen LogP contribution in [-0.2, 0) is 4.79 Å². The van der Waals surface area contributed by atoms with E-state index in [0.29, 0.717) is 24.4 Å². The van der Waals surface area contributed by atoms with Crippen LogP contribution in [0.15, 0.2) is 48.7 Å². The molecule has 1 unspecified atom stereocenters. The highest BCUT2D eigenvalue weighted by molar-refractivity contribution is 5.94. The molecule has 7 nitrogen and oxygen atoms in total. The number of aliphatic carboxylic acids is 1. The zero-order valence-electron chi connectivity index (χ0n) is 17.1. The average molecular weight is 407 g/mol. The van der Waals surface area contributed by atoms with E-state index < -0.39 is 12.0 Å². The van der Waals surface area contributed by atoms with E-state index in [1.165, 1.54) is 0 Å². The fraction of sp³-hybridized carbons (Fsp3) is 0.304. The number of ketones is 1. The Hall–Kier alpha value is -3.32. The van der Waals surface area contributed by atoms with Gasteiger partial charge in [-0.2, -0.15) is 0 Å². The average Bonchev–Trinajstić information content (AvgIpc) is 3.18. The summed E-state index contributed by atoms with van der Waals surface area (Å²) < 4.78 is 5.39. The van der Waals surface area contributed by atoms with Gasteiger partial charge in [0.05, 0.1) is 12.6 Å². The highest BCUT2D eigenvalue weighted by Gasteiger charge is 2.32. The maximum atomic E-state index is 12.2. The first-order valence-electron chi connectivity index (χ1n) is 9.96. The van der Waals surface area contributed by atoms with Crippen molar-refractivity contribution in [2.24, 2.45) is 0 Å². The van der Waals surface area contributed by atoms with Gasteiger partial charge in [0.1, 0.15) is 11.8 Å². The van der Waals surface area contributed by atoms with Crippen molar-refractivity contribution in [3.8, 4) is 5.75 Å². The summed E-state index contributed by atoms with van der Waals surface area (Å²) in [6, 6.07) is 12.5. The number of anilines is 1. The molecule has 1 aliphatic rings. The minimum absolute atomic E-state index is 0.0472.